The topological polar surface area (TPSA) is 77.6 Å². The Morgan fingerprint density at radius 3 is 2.44 bits per heavy atom. The number of guanidine groups is 1. The van der Waals surface area contributed by atoms with Crippen molar-refractivity contribution in [3.05, 3.63) is 35.9 Å². The zero-order chi connectivity index (χ0) is 19.7. The highest BCUT2D eigenvalue weighted by atomic mass is 16.2. The number of carbonyl (C=O) groups excluding carboxylic acids is 1. The van der Waals surface area contributed by atoms with Crippen LogP contribution < -0.4 is 21.3 Å². The number of hydrogen-bond donors (Lipinski definition) is 4. The zero-order valence-corrected chi connectivity index (χ0v) is 17.1. The molecule has 6 heteroatoms. The minimum atomic E-state index is -0.141. The minimum Gasteiger partial charge on any atom is -0.357 e. The summed E-state index contributed by atoms with van der Waals surface area (Å²) in [6.07, 6.45) is 2.07. The normalized spacial score (nSPS) is 15.9. The number of rotatable bonds is 10. The second kappa shape index (κ2) is 10.3. The van der Waals surface area contributed by atoms with E-state index in [1.54, 1.807) is 0 Å². The van der Waals surface area contributed by atoms with E-state index in [0.29, 0.717) is 19.6 Å². The molecule has 0 radical (unpaired) electrons. The first-order chi connectivity index (χ1) is 12.9. The molecule has 0 bridgehead atoms. The molecule has 0 aromatic heterocycles. The molecule has 1 aliphatic rings. The highest BCUT2D eigenvalue weighted by Crippen LogP contribution is 2.28. The zero-order valence-electron chi connectivity index (χ0n) is 17.1. The summed E-state index contributed by atoms with van der Waals surface area (Å²) < 4.78 is 0. The molecule has 1 aromatic carbocycles. The highest BCUT2D eigenvalue weighted by Gasteiger charge is 2.29. The van der Waals surface area contributed by atoms with Crippen molar-refractivity contribution in [1.29, 1.82) is 0 Å². The third kappa shape index (κ3) is 7.99. The van der Waals surface area contributed by atoms with Crippen LogP contribution in [0, 0.1) is 5.92 Å². The number of carbonyl (C=O) groups is 1. The number of benzene rings is 1. The predicted molar refractivity (Wildman–Crippen MR) is 112 cm³/mol. The Balaban J connectivity index is 1.79. The molecule has 4 N–H and O–H groups in total. The van der Waals surface area contributed by atoms with Gasteiger partial charge >= 0.3 is 0 Å². The van der Waals surface area contributed by atoms with Crippen LogP contribution in [0.15, 0.2) is 35.3 Å². The average molecular weight is 374 g/mol. The Hall–Kier alpha value is -2.08. The van der Waals surface area contributed by atoms with E-state index in [1.807, 2.05) is 13.0 Å². The molecule has 1 aliphatic carbocycles. The van der Waals surface area contributed by atoms with Crippen LogP contribution in [0.25, 0.3) is 0 Å². The molecule has 1 aromatic rings. The van der Waals surface area contributed by atoms with E-state index < -0.39 is 0 Å². The van der Waals surface area contributed by atoms with Gasteiger partial charge in [-0.2, -0.15) is 0 Å². The van der Waals surface area contributed by atoms with Gasteiger partial charge in [-0.1, -0.05) is 30.3 Å². The maximum absolute atomic E-state index is 11.7. The summed E-state index contributed by atoms with van der Waals surface area (Å²) in [6.45, 7) is 11.3. The Bertz CT molecular complexity index is 610. The summed E-state index contributed by atoms with van der Waals surface area (Å²) in [7, 11) is 0. The molecule has 1 unspecified atom stereocenters. The summed E-state index contributed by atoms with van der Waals surface area (Å²) >= 11 is 0. The molecular formula is C21H35N5O. The van der Waals surface area contributed by atoms with Crippen LogP contribution in [0.2, 0.25) is 0 Å². The summed E-state index contributed by atoms with van der Waals surface area (Å²) in [4.78, 5) is 16.4. The molecule has 2 rings (SSSR count). The van der Waals surface area contributed by atoms with Crippen LogP contribution in [-0.2, 0) is 4.79 Å². The molecule has 27 heavy (non-hydrogen) atoms. The largest absolute Gasteiger partial charge is 0.357 e. The van der Waals surface area contributed by atoms with Crippen molar-refractivity contribution in [2.45, 2.75) is 52.1 Å². The SMILES string of the molecule is CCNC(=NCC(C)(C)NC(C)c1ccccc1)NCCNC(=O)C1CC1. The molecule has 0 aliphatic heterocycles. The van der Waals surface area contributed by atoms with Gasteiger partial charge in [-0.3, -0.25) is 9.79 Å². The second-order valence-corrected chi connectivity index (χ2v) is 7.85. The summed E-state index contributed by atoms with van der Waals surface area (Å²) in [5, 5.41) is 13.2. The van der Waals surface area contributed by atoms with Gasteiger partial charge in [0, 0.05) is 37.1 Å². The van der Waals surface area contributed by atoms with Crippen molar-refractivity contribution in [3.63, 3.8) is 0 Å². The van der Waals surface area contributed by atoms with Crippen molar-refractivity contribution in [2.75, 3.05) is 26.2 Å². The molecule has 1 fully saturated rings. The Morgan fingerprint density at radius 2 is 1.81 bits per heavy atom. The molecule has 0 heterocycles. The Labute approximate surface area is 163 Å². The molecular weight excluding hydrogens is 338 g/mol. The fraction of sp³-hybridized carbons (Fsp3) is 0.619. The number of amides is 1. The highest BCUT2D eigenvalue weighted by molar-refractivity contribution is 5.81. The van der Waals surface area contributed by atoms with E-state index in [-0.39, 0.29) is 23.4 Å². The standard InChI is InChI=1S/C21H35N5O/c1-5-22-20(24-14-13-23-19(27)18-11-12-18)25-15-21(3,4)26-16(2)17-9-7-6-8-10-17/h6-10,16,18,26H,5,11-15H2,1-4H3,(H,23,27)(H2,22,24,25). The summed E-state index contributed by atoms with van der Waals surface area (Å²) in [5.74, 6) is 1.21. The first-order valence-electron chi connectivity index (χ1n) is 10.0. The van der Waals surface area contributed by atoms with Crippen LogP contribution in [0.5, 0.6) is 0 Å². The van der Waals surface area contributed by atoms with Crippen LogP contribution in [0.1, 0.15) is 52.1 Å². The predicted octanol–water partition coefficient (Wildman–Crippen LogP) is 2.20. The van der Waals surface area contributed by atoms with E-state index >= 15 is 0 Å². The first kappa shape index (κ1) is 21.2. The third-order valence-electron chi connectivity index (χ3n) is 4.55. The van der Waals surface area contributed by atoms with Crippen LogP contribution in [-0.4, -0.2) is 43.6 Å². The molecule has 150 valence electrons. The van der Waals surface area contributed by atoms with Gasteiger partial charge in [0.25, 0.3) is 0 Å². The molecule has 1 saturated carbocycles. The number of hydrogen-bond acceptors (Lipinski definition) is 3. The maximum atomic E-state index is 11.7. The Morgan fingerprint density at radius 1 is 1.15 bits per heavy atom. The molecule has 1 amide bonds. The fourth-order valence-electron chi connectivity index (χ4n) is 2.93. The maximum Gasteiger partial charge on any atom is 0.223 e. The Kier molecular flexibility index (Phi) is 8.10. The molecule has 0 spiro atoms. The van der Waals surface area contributed by atoms with E-state index in [4.69, 9.17) is 4.99 Å². The van der Waals surface area contributed by atoms with Gasteiger partial charge in [-0.05, 0) is 46.1 Å². The van der Waals surface area contributed by atoms with Gasteiger partial charge in [-0.15, -0.1) is 0 Å². The monoisotopic (exact) mass is 373 g/mol. The van der Waals surface area contributed by atoms with Crippen molar-refractivity contribution >= 4 is 11.9 Å². The smallest absolute Gasteiger partial charge is 0.223 e. The van der Waals surface area contributed by atoms with Gasteiger partial charge in [0.05, 0.1) is 6.54 Å². The van der Waals surface area contributed by atoms with E-state index in [2.05, 4.69) is 66.3 Å². The minimum absolute atomic E-state index is 0.141. The first-order valence-corrected chi connectivity index (χ1v) is 10.0. The lowest BCUT2D eigenvalue weighted by Gasteiger charge is -2.29. The van der Waals surface area contributed by atoms with Crippen molar-refractivity contribution in [3.8, 4) is 0 Å². The van der Waals surface area contributed by atoms with Crippen LogP contribution in [0.3, 0.4) is 0 Å². The van der Waals surface area contributed by atoms with Crippen LogP contribution >= 0.6 is 0 Å². The van der Waals surface area contributed by atoms with Gasteiger partial charge < -0.3 is 21.3 Å². The second-order valence-electron chi connectivity index (χ2n) is 7.85. The van der Waals surface area contributed by atoms with Gasteiger partial charge in [-0.25, -0.2) is 0 Å². The van der Waals surface area contributed by atoms with Gasteiger partial charge in [0.1, 0.15) is 0 Å². The lowest BCUT2D eigenvalue weighted by Crippen LogP contribution is -2.46. The summed E-state index contributed by atoms with van der Waals surface area (Å²) in [5.41, 5.74) is 1.13. The number of nitrogens with zero attached hydrogens (tertiary/aromatic N) is 1. The van der Waals surface area contributed by atoms with Gasteiger partial charge in [0.2, 0.25) is 5.91 Å². The molecule has 1 atom stereocenters. The van der Waals surface area contributed by atoms with E-state index in [9.17, 15) is 4.79 Å². The summed E-state index contributed by atoms with van der Waals surface area (Å²) in [6, 6.07) is 10.7. The average Bonchev–Trinajstić information content (AvgIpc) is 3.48. The number of aliphatic imine (C=N–C) groups is 1. The van der Waals surface area contributed by atoms with Crippen molar-refractivity contribution in [2.24, 2.45) is 10.9 Å². The quantitative estimate of drug-likeness (QED) is 0.288. The fourth-order valence-corrected chi connectivity index (χ4v) is 2.93. The van der Waals surface area contributed by atoms with E-state index in [1.165, 1.54) is 5.56 Å². The van der Waals surface area contributed by atoms with Gasteiger partial charge in [0.15, 0.2) is 5.96 Å². The van der Waals surface area contributed by atoms with Crippen molar-refractivity contribution in [1.82, 2.24) is 21.3 Å². The third-order valence-corrected chi connectivity index (χ3v) is 4.55. The molecule has 6 nitrogen and oxygen atoms in total. The van der Waals surface area contributed by atoms with Crippen molar-refractivity contribution < 1.29 is 4.79 Å². The van der Waals surface area contributed by atoms with Crippen LogP contribution in [0.4, 0.5) is 0 Å². The number of nitrogens with one attached hydrogen (secondary N) is 4. The lowest BCUT2D eigenvalue weighted by atomic mass is 10.0. The molecule has 0 saturated heterocycles. The van der Waals surface area contributed by atoms with E-state index in [0.717, 1.165) is 25.3 Å². The lowest BCUT2D eigenvalue weighted by molar-refractivity contribution is -0.122.